The number of nitrogens with zero attached hydrogens (tertiary/aromatic N) is 4. The van der Waals surface area contributed by atoms with Gasteiger partial charge in [-0.3, -0.25) is 14.8 Å². The van der Waals surface area contributed by atoms with Gasteiger partial charge in [0.1, 0.15) is 0 Å². The molecule has 0 saturated heterocycles. The summed E-state index contributed by atoms with van der Waals surface area (Å²) in [6, 6.07) is 7.04. The van der Waals surface area contributed by atoms with Crippen molar-refractivity contribution in [2.24, 2.45) is 0 Å². The van der Waals surface area contributed by atoms with Crippen LogP contribution in [0.3, 0.4) is 0 Å². The van der Waals surface area contributed by atoms with Gasteiger partial charge in [0.05, 0.1) is 0 Å². The first kappa shape index (κ1) is 18.7. The topological polar surface area (TPSA) is 127 Å². The number of aromatic nitrogens is 4. The molecular formula is C13H12N6O3S4. The Hall–Kier alpha value is -2.09. The average molecular weight is 429 g/mol. The maximum absolute atomic E-state index is 12.3. The van der Waals surface area contributed by atoms with Crippen LogP contribution in [-0.4, -0.2) is 41.0 Å². The van der Waals surface area contributed by atoms with Crippen molar-refractivity contribution >= 4 is 60.6 Å². The molecule has 0 aliphatic heterocycles. The van der Waals surface area contributed by atoms with Crippen LogP contribution in [0.1, 0.15) is 15.9 Å². The highest BCUT2D eigenvalue weighted by Gasteiger charge is 2.23. The van der Waals surface area contributed by atoms with Crippen LogP contribution in [0.25, 0.3) is 0 Å². The van der Waals surface area contributed by atoms with Crippen molar-refractivity contribution in [3.05, 3.63) is 35.4 Å². The van der Waals surface area contributed by atoms with E-state index < -0.39 is 10.0 Å². The number of hydrogen-bond donors (Lipinski definition) is 2. The van der Waals surface area contributed by atoms with Gasteiger partial charge in [-0.2, -0.15) is 8.42 Å². The third kappa shape index (κ3) is 4.17. The van der Waals surface area contributed by atoms with Crippen LogP contribution in [0.4, 0.5) is 10.3 Å². The Morgan fingerprint density at radius 3 is 2.50 bits per heavy atom. The van der Waals surface area contributed by atoms with Gasteiger partial charge >= 0.3 is 0 Å². The first-order chi connectivity index (χ1) is 12.4. The van der Waals surface area contributed by atoms with E-state index in [9.17, 15) is 13.2 Å². The summed E-state index contributed by atoms with van der Waals surface area (Å²) in [5, 5.41) is 17.7. The summed E-state index contributed by atoms with van der Waals surface area (Å²) in [7, 11) is -3.95. The molecule has 0 fully saturated rings. The smallest absolute Gasteiger partial charge is 0.293 e. The summed E-state index contributed by atoms with van der Waals surface area (Å²) < 4.78 is 27.3. The Labute approximate surface area is 161 Å². The standard InChI is InChI=1S/C13H12N6O3S4/c1-7-5-3-4-6-8(7)9(20)14-10-15-18-13(25-10)26(21,22)19-11-16-17-12(23-2)24-11/h3-6H,1-2H3,(H,16,19)(H,14,15,20). The normalized spacial score (nSPS) is 11.3. The molecule has 0 saturated carbocycles. The van der Waals surface area contributed by atoms with Gasteiger partial charge in [0.15, 0.2) is 4.34 Å². The van der Waals surface area contributed by atoms with Crippen LogP contribution in [0.2, 0.25) is 0 Å². The zero-order valence-electron chi connectivity index (χ0n) is 13.5. The average Bonchev–Trinajstić information content (AvgIpc) is 3.24. The first-order valence-electron chi connectivity index (χ1n) is 7.00. The van der Waals surface area contributed by atoms with Crippen molar-refractivity contribution in [2.75, 3.05) is 16.3 Å². The van der Waals surface area contributed by atoms with Gasteiger partial charge in [0.2, 0.25) is 10.3 Å². The maximum Gasteiger partial charge on any atom is 0.293 e. The van der Waals surface area contributed by atoms with Crippen molar-refractivity contribution in [3.63, 3.8) is 0 Å². The van der Waals surface area contributed by atoms with Crippen molar-refractivity contribution in [1.29, 1.82) is 0 Å². The number of benzene rings is 1. The van der Waals surface area contributed by atoms with Crippen molar-refractivity contribution < 1.29 is 13.2 Å². The molecule has 0 unspecified atom stereocenters. The number of aryl methyl sites for hydroxylation is 1. The molecule has 1 amide bonds. The van der Waals surface area contributed by atoms with Gasteiger partial charge < -0.3 is 0 Å². The quantitative estimate of drug-likeness (QED) is 0.453. The van der Waals surface area contributed by atoms with Crippen molar-refractivity contribution in [3.8, 4) is 0 Å². The minimum atomic E-state index is -3.95. The van der Waals surface area contributed by atoms with Crippen LogP contribution in [0.15, 0.2) is 32.9 Å². The first-order valence-corrected chi connectivity index (χ1v) is 11.3. The number of rotatable bonds is 6. The molecule has 0 radical (unpaired) electrons. The third-order valence-corrected chi connectivity index (χ3v) is 7.54. The highest BCUT2D eigenvalue weighted by atomic mass is 32.2. The van der Waals surface area contributed by atoms with E-state index in [-0.39, 0.29) is 20.5 Å². The second kappa shape index (κ2) is 7.65. The molecule has 2 aromatic heterocycles. The lowest BCUT2D eigenvalue weighted by molar-refractivity contribution is 0.102. The van der Waals surface area contributed by atoms with E-state index in [4.69, 9.17) is 0 Å². The summed E-state index contributed by atoms with van der Waals surface area (Å²) in [4.78, 5) is 12.3. The number of carbonyl (C=O) groups excluding carboxylic acids is 1. The van der Waals surface area contributed by atoms with Crippen LogP contribution in [0, 0.1) is 6.92 Å². The van der Waals surface area contributed by atoms with E-state index in [0.717, 1.165) is 28.2 Å². The van der Waals surface area contributed by atoms with Gasteiger partial charge in [-0.15, -0.1) is 20.4 Å². The van der Waals surface area contributed by atoms with E-state index >= 15 is 0 Å². The molecular weight excluding hydrogens is 416 g/mol. The summed E-state index contributed by atoms with van der Waals surface area (Å²) in [6.45, 7) is 1.81. The Morgan fingerprint density at radius 2 is 1.81 bits per heavy atom. The molecule has 3 rings (SSSR count). The fraction of sp³-hybridized carbons (Fsp3) is 0.154. The molecule has 2 N–H and O–H groups in total. The van der Waals surface area contributed by atoms with E-state index in [1.54, 1.807) is 25.1 Å². The predicted molar refractivity (Wildman–Crippen MR) is 102 cm³/mol. The molecule has 13 heteroatoms. The van der Waals surface area contributed by atoms with Gasteiger partial charge in [0, 0.05) is 5.56 Å². The highest BCUT2D eigenvalue weighted by molar-refractivity contribution is 8.00. The molecule has 0 bridgehead atoms. The maximum atomic E-state index is 12.3. The number of sulfonamides is 1. The molecule has 0 atom stereocenters. The van der Waals surface area contributed by atoms with E-state index in [1.807, 2.05) is 12.3 Å². The molecule has 0 spiro atoms. The fourth-order valence-corrected chi connectivity index (χ4v) is 5.15. The van der Waals surface area contributed by atoms with Crippen molar-refractivity contribution in [2.45, 2.75) is 15.6 Å². The van der Waals surface area contributed by atoms with E-state index in [1.165, 1.54) is 11.8 Å². The van der Waals surface area contributed by atoms with Crippen LogP contribution >= 0.6 is 34.4 Å². The number of thioether (sulfide) groups is 1. The molecule has 26 heavy (non-hydrogen) atoms. The Balaban J connectivity index is 1.74. The monoisotopic (exact) mass is 428 g/mol. The van der Waals surface area contributed by atoms with Gasteiger partial charge in [-0.05, 0) is 24.8 Å². The molecule has 0 aliphatic rings. The highest BCUT2D eigenvalue weighted by Crippen LogP contribution is 2.27. The molecule has 9 nitrogen and oxygen atoms in total. The number of carbonyl (C=O) groups is 1. The summed E-state index contributed by atoms with van der Waals surface area (Å²) in [5.74, 6) is -0.384. The van der Waals surface area contributed by atoms with Crippen LogP contribution in [-0.2, 0) is 10.0 Å². The molecule has 0 aliphatic carbocycles. The second-order valence-corrected chi connectivity index (χ2v) is 9.69. The SMILES string of the molecule is CSc1nnc(NS(=O)(=O)c2nnc(NC(=O)c3ccccc3C)s2)s1. The number of anilines is 2. The Bertz CT molecular complexity index is 1050. The summed E-state index contributed by atoms with van der Waals surface area (Å²) >= 11 is 3.21. The lowest BCUT2D eigenvalue weighted by atomic mass is 10.1. The molecule has 136 valence electrons. The summed E-state index contributed by atoms with van der Waals surface area (Å²) in [6.07, 6.45) is 1.81. The second-order valence-electron chi connectivity index (χ2n) is 4.82. The number of nitrogens with one attached hydrogen (secondary N) is 2. The minimum Gasteiger partial charge on any atom is -0.296 e. The van der Waals surface area contributed by atoms with Gasteiger partial charge in [-0.1, -0.05) is 52.6 Å². The van der Waals surface area contributed by atoms with E-state index in [2.05, 4.69) is 30.4 Å². The van der Waals surface area contributed by atoms with Crippen LogP contribution < -0.4 is 10.0 Å². The zero-order chi connectivity index (χ0) is 18.7. The number of amides is 1. The van der Waals surface area contributed by atoms with Crippen molar-refractivity contribution in [1.82, 2.24) is 20.4 Å². The predicted octanol–water partition coefficient (Wildman–Crippen LogP) is 2.47. The lowest BCUT2D eigenvalue weighted by Crippen LogP contribution is -2.13. The molecule has 2 heterocycles. The lowest BCUT2D eigenvalue weighted by Gasteiger charge is -2.03. The number of hydrogen-bond acceptors (Lipinski definition) is 10. The Kier molecular flexibility index (Phi) is 5.50. The molecule has 1 aromatic carbocycles. The van der Waals surface area contributed by atoms with E-state index in [0.29, 0.717) is 9.90 Å². The fourth-order valence-electron chi connectivity index (χ4n) is 1.85. The summed E-state index contributed by atoms with van der Waals surface area (Å²) in [5.41, 5.74) is 1.27. The third-order valence-electron chi connectivity index (χ3n) is 3.05. The van der Waals surface area contributed by atoms with Crippen LogP contribution in [0.5, 0.6) is 0 Å². The largest absolute Gasteiger partial charge is 0.296 e. The minimum absolute atomic E-state index is 0.0840. The zero-order valence-corrected chi connectivity index (χ0v) is 16.7. The van der Waals surface area contributed by atoms with Gasteiger partial charge in [0.25, 0.3) is 20.3 Å². The van der Waals surface area contributed by atoms with Gasteiger partial charge in [-0.25, -0.2) is 0 Å². The molecule has 3 aromatic rings. The Morgan fingerprint density at radius 1 is 1.08 bits per heavy atom.